The predicted octanol–water partition coefficient (Wildman–Crippen LogP) is 3.12. The normalized spacial score (nSPS) is 20.4. The predicted molar refractivity (Wildman–Crippen MR) is 117 cm³/mol. The summed E-state index contributed by atoms with van der Waals surface area (Å²) in [5.41, 5.74) is 2.47. The zero-order valence-corrected chi connectivity index (χ0v) is 18.2. The number of benzene rings is 2. The summed E-state index contributed by atoms with van der Waals surface area (Å²) in [5.74, 6) is 2.25. The van der Waals surface area contributed by atoms with E-state index < -0.39 is 9.84 Å². The first-order chi connectivity index (χ1) is 14.9. The first kappa shape index (κ1) is 20.1. The molecule has 5 rings (SSSR count). The van der Waals surface area contributed by atoms with Gasteiger partial charge in [0.15, 0.2) is 9.84 Å². The second-order valence-electron chi connectivity index (χ2n) is 8.09. The van der Waals surface area contributed by atoms with Crippen LogP contribution in [0.25, 0.3) is 22.1 Å². The van der Waals surface area contributed by atoms with E-state index in [1.807, 2.05) is 29.2 Å². The van der Waals surface area contributed by atoms with E-state index in [1.54, 1.807) is 26.2 Å². The summed E-state index contributed by atoms with van der Waals surface area (Å²) in [7, 11) is -1.40. The molecule has 0 saturated carbocycles. The molecule has 1 atom stereocenters. The van der Waals surface area contributed by atoms with Crippen LogP contribution in [-0.4, -0.2) is 44.7 Å². The van der Waals surface area contributed by atoms with Gasteiger partial charge in [0.1, 0.15) is 29.6 Å². The van der Waals surface area contributed by atoms with E-state index in [0.29, 0.717) is 53.5 Å². The summed E-state index contributed by atoms with van der Waals surface area (Å²) in [5, 5.41) is 0.486. The van der Waals surface area contributed by atoms with E-state index in [1.165, 1.54) is 0 Å². The fourth-order valence-electron chi connectivity index (χ4n) is 4.48. The lowest BCUT2D eigenvalue weighted by Gasteiger charge is -2.33. The van der Waals surface area contributed by atoms with Crippen LogP contribution in [-0.2, 0) is 16.4 Å². The number of sulfone groups is 1. The molecule has 31 heavy (non-hydrogen) atoms. The molecule has 8 heteroatoms. The van der Waals surface area contributed by atoms with E-state index in [2.05, 4.69) is 0 Å². The molecule has 1 aromatic heterocycles. The van der Waals surface area contributed by atoms with Gasteiger partial charge >= 0.3 is 0 Å². The van der Waals surface area contributed by atoms with Gasteiger partial charge in [-0.1, -0.05) is 12.1 Å². The van der Waals surface area contributed by atoms with Crippen LogP contribution in [0.1, 0.15) is 17.7 Å². The Kier molecular flexibility index (Phi) is 4.79. The first-order valence-electron chi connectivity index (χ1n) is 10.2. The summed E-state index contributed by atoms with van der Waals surface area (Å²) in [6, 6.07) is 10.8. The van der Waals surface area contributed by atoms with Crippen molar-refractivity contribution in [3.8, 4) is 22.6 Å². The number of ether oxygens (including phenoxy) is 2. The quantitative estimate of drug-likeness (QED) is 0.617. The Morgan fingerprint density at radius 1 is 1.13 bits per heavy atom. The van der Waals surface area contributed by atoms with E-state index in [4.69, 9.17) is 13.9 Å². The molecule has 0 bridgehead atoms. The lowest BCUT2D eigenvalue weighted by Crippen LogP contribution is -2.41. The number of rotatable bonds is 3. The van der Waals surface area contributed by atoms with Crippen LogP contribution >= 0.6 is 0 Å². The third kappa shape index (κ3) is 3.49. The maximum atomic E-state index is 13.4. The van der Waals surface area contributed by atoms with Gasteiger partial charge < -0.3 is 13.9 Å². The maximum absolute atomic E-state index is 13.4. The number of fused-ring (bicyclic) bond motifs is 3. The summed E-state index contributed by atoms with van der Waals surface area (Å²) < 4.78 is 41.1. The minimum absolute atomic E-state index is 0.0835. The fourth-order valence-corrected chi connectivity index (χ4v) is 6.24. The molecule has 0 radical (unpaired) electrons. The third-order valence-electron chi connectivity index (χ3n) is 6.15. The summed E-state index contributed by atoms with van der Waals surface area (Å²) in [6.07, 6.45) is 0.594. The van der Waals surface area contributed by atoms with E-state index >= 15 is 0 Å². The Bertz CT molecular complexity index is 1330. The highest BCUT2D eigenvalue weighted by Crippen LogP contribution is 2.35. The van der Waals surface area contributed by atoms with Crippen molar-refractivity contribution >= 4 is 20.8 Å². The third-order valence-corrected chi connectivity index (χ3v) is 7.90. The first-order valence-corrected chi connectivity index (χ1v) is 12.0. The second kappa shape index (κ2) is 7.39. The fraction of sp³-hybridized carbons (Fsp3) is 0.348. The van der Waals surface area contributed by atoms with Crippen LogP contribution in [0.15, 0.2) is 45.6 Å². The highest BCUT2D eigenvalue weighted by Gasteiger charge is 2.35. The zero-order chi connectivity index (χ0) is 21.8. The van der Waals surface area contributed by atoms with Crippen molar-refractivity contribution in [2.24, 2.45) is 0 Å². The lowest BCUT2D eigenvalue weighted by molar-refractivity contribution is 0.0649. The molecule has 0 aliphatic carbocycles. The molecule has 1 saturated heterocycles. The molecule has 3 heterocycles. The van der Waals surface area contributed by atoms with Crippen LogP contribution in [0.2, 0.25) is 0 Å². The Morgan fingerprint density at radius 3 is 2.58 bits per heavy atom. The monoisotopic (exact) mass is 441 g/mol. The van der Waals surface area contributed by atoms with Crippen molar-refractivity contribution in [1.82, 2.24) is 4.90 Å². The standard InChI is InChI=1S/C23H23NO6S/c1-14-21(15-3-5-17(28-2)6-4-15)22(25)18-7-8-20-19(23(18)30-14)11-24(13-29-20)16-9-10-31(26,27)12-16/h3-8,16H,9-13H2,1-2H3/t16-/m1/s1. The van der Waals surface area contributed by atoms with Crippen molar-refractivity contribution in [1.29, 1.82) is 0 Å². The largest absolute Gasteiger partial charge is 0.497 e. The zero-order valence-electron chi connectivity index (χ0n) is 17.4. The number of methoxy groups -OCH3 is 1. The van der Waals surface area contributed by atoms with Gasteiger partial charge in [-0.05, 0) is 43.2 Å². The molecule has 0 unspecified atom stereocenters. The van der Waals surface area contributed by atoms with Gasteiger partial charge in [0.2, 0.25) is 5.43 Å². The van der Waals surface area contributed by atoms with Crippen molar-refractivity contribution in [2.75, 3.05) is 25.3 Å². The van der Waals surface area contributed by atoms with Crippen LogP contribution in [0.4, 0.5) is 0 Å². The smallest absolute Gasteiger partial charge is 0.200 e. The van der Waals surface area contributed by atoms with Crippen molar-refractivity contribution in [2.45, 2.75) is 25.9 Å². The Labute approximate surface area is 180 Å². The topological polar surface area (TPSA) is 86.1 Å². The number of nitrogens with zero attached hydrogens (tertiary/aromatic N) is 1. The van der Waals surface area contributed by atoms with Gasteiger partial charge in [-0.3, -0.25) is 9.69 Å². The minimum Gasteiger partial charge on any atom is -0.497 e. The minimum atomic E-state index is -3.00. The van der Waals surface area contributed by atoms with Gasteiger partial charge in [-0.15, -0.1) is 0 Å². The van der Waals surface area contributed by atoms with Crippen molar-refractivity contribution in [3.05, 3.63) is 57.9 Å². The van der Waals surface area contributed by atoms with Crippen LogP contribution in [0, 0.1) is 6.92 Å². The molecule has 0 spiro atoms. The highest BCUT2D eigenvalue weighted by atomic mass is 32.2. The molecule has 2 aliphatic heterocycles. The molecular formula is C23H23NO6S. The molecule has 2 aromatic carbocycles. The average molecular weight is 442 g/mol. The molecule has 162 valence electrons. The highest BCUT2D eigenvalue weighted by molar-refractivity contribution is 7.91. The summed E-state index contributed by atoms with van der Waals surface area (Å²) >= 11 is 0. The Hall–Kier alpha value is -2.84. The van der Waals surface area contributed by atoms with Gasteiger partial charge in [0.05, 0.1) is 35.1 Å². The van der Waals surface area contributed by atoms with Crippen molar-refractivity contribution < 1.29 is 22.3 Å². The molecule has 0 N–H and O–H groups in total. The summed E-state index contributed by atoms with van der Waals surface area (Å²) in [6.45, 7) is 2.59. The van der Waals surface area contributed by atoms with Crippen LogP contribution < -0.4 is 14.9 Å². The molecule has 0 amide bonds. The van der Waals surface area contributed by atoms with E-state index in [9.17, 15) is 13.2 Å². The van der Waals surface area contributed by atoms with Gasteiger partial charge in [0, 0.05) is 12.6 Å². The lowest BCUT2D eigenvalue weighted by atomic mass is 10.00. The number of aryl methyl sites for hydroxylation is 1. The van der Waals surface area contributed by atoms with E-state index in [0.717, 1.165) is 11.1 Å². The van der Waals surface area contributed by atoms with Crippen molar-refractivity contribution in [3.63, 3.8) is 0 Å². The van der Waals surface area contributed by atoms with Crippen LogP contribution in [0.5, 0.6) is 11.5 Å². The molecule has 3 aromatic rings. The maximum Gasteiger partial charge on any atom is 0.200 e. The Morgan fingerprint density at radius 2 is 1.90 bits per heavy atom. The van der Waals surface area contributed by atoms with Gasteiger partial charge in [0.25, 0.3) is 0 Å². The SMILES string of the molecule is COc1ccc(-c2c(C)oc3c4c(ccc3c2=O)OCN([C@@H]2CCS(=O)(=O)C2)C4)cc1. The second-order valence-corrected chi connectivity index (χ2v) is 10.3. The number of hydrogen-bond donors (Lipinski definition) is 0. The van der Waals surface area contributed by atoms with Gasteiger partial charge in [-0.25, -0.2) is 8.42 Å². The molecular weight excluding hydrogens is 418 g/mol. The molecule has 7 nitrogen and oxygen atoms in total. The summed E-state index contributed by atoms with van der Waals surface area (Å²) in [4.78, 5) is 15.4. The number of hydrogen-bond acceptors (Lipinski definition) is 7. The molecule has 2 aliphatic rings. The Balaban J connectivity index is 1.58. The van der Waals surface area contributed by atoms with E-state index in [-0.39, 0.29) is 23.0 Å². The van der Waals surface area contributed by atoms with Gasteiger partial charge in [-0.2, -0.15) is 0 Å². The van der Waals surface area contributed by atoms with Crippen LogP contribution in [0.3, 0.4) is 0 Å². The molecule has 1 fully saturated rings. The average Bonchev–Trinajstić information content (AvgIpc) is 3.13.